The molecule has 0 amide bonds. The van der Waals surface area contributed by atoms with Crippen LogP contribution in [0, 0.1) is 5.92 Å². The highest BCUT2D eigenvalue weighted by Gasteiger charge is 2.30. The van der Waals surface area contributed by atoms with Gasteiger partial charge in [-0.1, -0.05) is 61.6 Å². The van der Waals surface area contributed by atoms with Crippen molar-refractivity contribution in [3.8, 4) is 0 Å². The maximum absolute atomic E-state index is 12.2. The van der Waals surface area contributed by atoms with Gasteiger partial charge in [-0.3, -0.25) is 4.79 Å². The van der Waals surface area contributed by atoms with E-state index < -0.39 is 14.2 Å². The molecule has 0 saturated carbocycles. The molecule has 0 N–H and O–H groups in total. The van der Waals surface area contributed by atoms with E-state index in [4.69, 9.17) is 9.16 Å². The zero-order valence-electron chi connectivity index (χ0n) is 14.8. The van der Waals surface area contributed by atoms with Crippen molar-refractivity contribution < 1.29 is 14.0 Å². The summed E-state index contributed by atoms with van der Waals surface area (Å²) in [5.74, 6) is -0.692. The second kappa shape index (κ2) is 9.48. The van der Waals surface area contributed by atoms with Crippen LogP contribution in [0.25, 0.3) is 6.08 Å². The second-order valence-corrected chi connectivity index (χ2v) is 10.8. The number of methoxy groups -OCH3 is 1. The molecule has 0 aromatic heterocycles. The molecule has 0 aliphatic heterocycles. The molecule has 1 rings (SSSR count). The molecular weight excluding hydrogens is 304 g/mol. The first-order valence-corrected chi connectivity index (χ1v) is 11.4. The Hall–Kier alpha value is -1.65. The van der Waals surface area contributed by atoms with E-state index in [9.17, 15) is 4.79 Å². The largest absolute Gasteiger partial charge is 0.468 e. The molecule has 4 heteroatoms. The summed E-state index contributed by atoms with van der Waals surface area (Å²) in [5, 5.41) is 0. The van der Waals surface area contributed by atoms with Crippen molar-refractivity contribution >= 4 is 20.4 Å². The van der Waals surface area contributed by atoms with Crippen molar-refractivity contribution in [1.29, 1.82) is 0 Å². The van der Waals surface area contributed by atoms with E-state index in [1.165, 1.54) is 7.11 Å². The molecule has 0 aliphatic rings. The molecule has 0 heterocycles. The fourth-order valence-electron chi connectivity index (χ4n) is 2.15. The van der Waals surface area contributed by atoms with Gasteiger partial charge < -0.3 is 9.16 Å². The number of benzene rings is 1. The van der Waals surface area contributed by atoms with Gasteiger partial charge in [0.25, 0.3) is 0 Å². The van der Waals surface area contributed by atoms with Gasteiger partial charge in [0, 0.05) is 0 Å². The number of ether oxygens (including phenoxy) is 1. The molecule has 23 heavy (non-hydrogen) atoms. The van der Waals surface area contributed by atoms with Crippen LogP contribution in [-0.2, 0) is 14.0 Å². The van der Waals surface area contributed by atoms with Crippen LogP contribution in [0.15, 0.2) is 48.6 Å². The lowest BCUT2D eigenvalue weighted by atomic mass is 10.0. The Labute approximate surface area is 141 Å². The zero-order valence-corrected chi connectivity index (χ0v) is 15.8. The van der Waals surface area contributed by atoms with E-state index in [2.05, 4.69) is 19.6 Å². The predicted molar refractivity (Wildman–Crippen MR) is 98.6 cm³/mol. The van der Waals surface area contributed by atoms with Crippen molar-refractivity contribution in [2.24, 2.45) is 5.92 Å². The van der Waals surface area contributed by atoms with E-state index in [0.717, 1.165) is 12.0 Å². The minimum Gasteiger partial charge on any atom is -0.468 e. The van der Waals surface area contributed by atoms with E-state index in [-0.39, 0.29) is 12.1 Å². The predicted octanol–water partition coefficient (Wildman–Crippen LogP) is 4.68. The summed E-state index contributed by atoms with van der Waals surface area (Å²) in [6.45, 7) is 8.40. The molecule has 126 valence electrons. The summed E-state index contributed by atoms with van der Waals surface area (Å²) in [4.78, 5) is 12.2. The van der Waals surface area contributed by atoms with Gasteiger partial charge in [-0.2, -0.15) is 0 Å². The fraction of sp³-hybridized carbons (Fsp3) is 0.421. The standard InChI is InChI=1S/C19H28O3Si/c1-6-7-13-17(19(20)21-2)18(22-23(3,4)5)15-14-16-11-9-8-10-12-16/h7-15,17-18H,6H2,1-5H3/b13-7+,15-14+/t17-,18+/m0/s1. The number of allylic oxidation sites excluding steroid dienone is 1. The molecule has 0 bridgehead atoms. The minimum absolute atomic E-state index is 0.268. The Morgan fingerprint density at radius 1 is 1.17 bits per heavy atom. The number of carbonyl (C=O) groups excluding carboxylic acids is 1. The maximum atomic E-state index is 12.2. The molecule has 0 aliphatic carbocycles. The molecule has 1 aromatic carbocycles. The van der Waals surface area contributed by atoms with Gasteiger partial charge >= 0.3 is 5.97 Å². The Morgan fingerprint density at radius 3 is 2.35 bits per heavy atom. The SMILES string of the molecule is CC/C=C/[C@H](C(=O)OC)[C@@H](/C=C/c1ccccc1)O[Si](C)(C)C. The third-order valence-electron chi connectivity index (χ3n) is 3.17. The average molecular weight is 333 g/mol. The second-order valence-electron chi connectivity index (χ2n) is 6.35. The average Bonchev–Trinajstić information content (AvgIpc) is 2.52. The molecule has 3 nitrogen and oxygen atoms in total. The van der Waals surface area contributed by atoms with Gasteiger partial charge in [0.15, 0.2) is 8.32 Å². The Bertz CT molecular complexity index is 529. The van der Waals surface area contributed by atoms with Crippen LogP contribution >= 0.6 is 0 Å². The van der Waals surface area contributed by atoms with Crippen LogP contribution < -0.4 is 0 Å². The smallest absolute Gasteiger partial charge is 0.315 e. The molecule has 0 radical (unpaired) electrons. The fourth-order valence-corrected chi connectivity index (χ4v) is 3.19. The molecule has 1 aromatic rings. The van der Waals surface area contributed by atoms with E-state index in [1.54, 1.807) is 0 Å². The van der Waals surface area contributed by atoms with Crippen LogP contribution in [0.3, 0.4) is 0 Å². The van der Waals surface area contributed by atoms with Gasteiger partial charge in [-0.05, 0) is 31.6 Å². The molecule has 0 spiro atoms. The number of hydrogen-bond acceptors (Lipinski definition) is 3. The van der Waals surface area contributed by atoms with Crippen molar-refractivity contribution in [3.63, 3.8) is 0 Å². The van der Waals surface area contributed by atoms with Crippen LogP contribution in [0.4, 0.5) is 0 Å². The summed E-state index contributed by atoms with van der Waals surface area (Å²) in [6, 6.07) is 10.0. The normalized spacial score (nSPS) is 15.0. The van der Waals surface area contributed by atoms with E-state index in [0.29, 0.717) is 0 Å². The summed E-state index contributed by atoms with van der Waals surface area (Å²) in [5.41, 5.74) is 1.08. The summed E-state index contributed by atoms with van der Waals surface area (Å²) in [6.07, 6.45) is 8.40. The highest BCUT2D eigenvalue weighted by atomic mass is 28.4. The Kier molecular flexibility index (Phi) is 7.99. The van der Waals surface area contributed by atoms with Gasteiger partial charge in [-0.25, -0.2) is 0 Å². The summed E-state index contributed by atoms with van der Waals surface area (Å²) < 4.78 is 11.2. The monoisotopic (exact) mass is 332 g/mol. The van der Waals surface area contributed by atoms with E-state index >= 15 is 0 Å². The van der Waals surface area contributed by atoms with Crippen LogP contribution in [-0.4, -0.2) is 27.5 Å². The number of esters is 1. The van der Waals surface area contributed by atoms with Crippen molar-refractivity contribution in [1.82, 2.24) is 0 Å². The maximum Gasteiger partial charge on any atom is 0.315 e. The third kappa shape index (κ3) is 7.44. The highest BCUT2D eigenvalue weighted by molar-refractivity contribution is 6.69. The van der Waals surface area contributed by atoms with Gasteiger partial charge in [0.05, 0.1) is 13.2 Å². The molecule has 0 fully saturated rings. The molecule has 2 atom stereocenters. The van der Waals surface area contributed by atoms with E-state index in [1.807, 2.05) is 61.6 Å². The first-order chi connectivity index (χ1) is 10.9. The van der Waals surface area contributed by atoms with Crippen LogP contribution in [0.2, 0.25) is 19.6 Å². The quantitative estimate of drug-likeness (QED) is 0.394. The number of carbonyl (C=O) groups is 1. The Balaban J connectivity index is 3.07. The van der Waals surface area contributed by atoms with Crippen LogP contribution in [0.5, 0.6) is 0 Å². The highest BCUT2D eigenvalue weighted by Crippen LogP contribution is 2.20. The van der Waals surface area contributed by atoms with Crippen molar-refractivity contribution in [2.45, 2.75) is 39.1 Å². The number of rotatable bonds is 8. The third-order valence-corrected chi connectivity index (χ3v) is 4.15. The molecule has 0 unspecified atom stereocenters. The summed E-state index contributed by atoms with van der Waals surface area (Å²) in [7, 11) is -0.394. The zero-order chi connectivity index (χ0) is 17.3. The van der Waals surface area contributed by atoms with Crippen LogP contribution in [0.1, 0.15) is 18.9 Å². The summed E-state index contributed by atoms with van der Waals surface area (Å²) >= 11 is 0. The topological polar surface area (TPSA) is 35.5 Å². The lowest BCUT2D eigenvalue weighted by molar-refractivity contribution is -0.145. The van der Waals surface area contributed by atoms with Crippen molar-refractivity contribution in [3.05, 3.63) is 54.1 Å². The Morgan fingerprint density at radius 2 is 1.83 bits per heavy atom. The lowest BCUT2D eigenvalue weighted by Crippen LogP contribution is -2.38. The van der Waals surface area contributed by atoms with Gasteiger partial charge in [0.1, 0.15) is 5.92 Å². The minimum atomic E-state index is -1.81. The number of hydrogen-bond donors (Lipinski definition) is 0. The first kappa shape index (κ1) is 19.4. The molecular formula is C19H28O3Si. The van der Waals surface area contributed by atoms with Gasteiger partial charge in [0.2, 0.25) is 0 Å². The van der Waals surface area contributed by atoms with Gasteiger partial charge in [-0.15, -0.1) is 0 Å². The first-order valence-electron chi connectivity index (χ1n) is 8.03. The van der Waals surface area contributed by atoms with Crippen molar-refractivity contribution in [2.75, 3.05) is 7.11 Å². The molecule has 0 saturated heterocycles. The lowest BCUT2D eigenvalue weighted by Gasteiger charge is -2.28.